The molecule has 1 heterocycles. The van der Waals surface area contributed by atoms with Crippen LogP contribution >= 0.6 is 0 Å². The third-order valence-electron chi connectivity index (χ3n) is 3.72. The molecule has 0 amide bonds. The maximum absolute atomic E-state index is 5.94. The van der Waals surface area contributed by atoms with E-state index in [-0.39, 0.29) is 5.54 Å². The average Bonchev–Trinajstić information content (AvgIpc) is 2.80. The summed E-state index contributed by atoms with van der Waals surface area (Å²) >= 11 is 0. The zero-order valence-electron chi connectivity index (χ0n) is 9.89. The van der Waals surface area contributed by atoms with Crippen LogP contribution in [0.5, 0.6) is 0 Å². The predicted octanol–water partition coefficient (Wildman–Crippen LogP) is 1.18. The summed E-state index contributed by atoms with van der Waals surface area (Å²) in [6.45, 7) is 1.52. The molecule has 1 aliphatic rings. The summed E-state index contributed by atoms with van der Waals surface area (Å²) in [5, 5.41) is 0. The molecule has 0 bridgehead atoms. The van der Waals surface area contributed by atoms with E-state index in [0.717, 1.165) is 18.9 Å². The lowest BCUT2D eigenvalue weighted by molar-refractivity contribution is 0.120. The third kappa shape index (κ3) is 2.23. The number of aromatic nitrogens is 2. The highest BCUT2D eigenvalue weighted by Gasteiger charge is 2.36. The van der Waals surface area contributed by atoms with Gasteiger partial charge in [0.25, 0.3) is 0 Å². The van der Waals surface area contributed by atoms with Crippen LogP contribution in [0.15, 0.2) is 18.5 Å². The van der Waals surface area contributed by atoms with Crippen LogP contribution < -0.4 is 5.73 Å². The molecule has 0 unspecified atom stereocenters. The van der Waals surface area contributed by atoms with Crippen molar-refractivity contribution in [3.63, 3.8) is 0 Å². The van der Waals surface area contributed by atoms with Gasteiger partial charge in [0.15, 0.2) is 0 Å². The van der Waals surface area contributed by atoms with Gasteiger partial charge in [-0.3, -0.25) is 4.90 Å². The van der Waals surface area contributed by atoms with Gasteiger partial charge < -0.3 is 5.73 Å². The van der Waals surface area contributed by atoms with Crippen LogP contribution in [0, 0.1) is 0 Å². The molecule has 0 saturated heterocycles. The Kier molecular flexibility index (Phi) is 3.51. The standard InChI is InChI=1S/C12H20N4/c1-16(9-11-14-7-4-8-15-11)12(10-13)5-2-3-6-12/h4,7-8H,2-3,5-6,9-10,13H2,1H3. The zero-order chi connectivity index (χ0) is 11.4. The van der Waals surface area contributed by atoms with E-state index >= 15 is 0 Å². The van der Waals surface area contributed by atoms with Crippen molar-refractivity contribution in [2.45, 2.75) is 37.8 Å². The molecule has 4 heteroatoms. The van der Waals surface area contributed by atoms with E-state index in [9.17, 15) is 0 Å². The van der Waals surface area contributed by atoms with Crippen LogP contribution in [0.1, 0.15) is 31.5 Å². The molecule has 0 aliphatic heterocycles. The minimum Gasteiger partial charge on any atom is -0.329 e. The Hall–Kier alpha value is -1.00. The summed E-state index contributed by atoms with van der Waals surface area (Å²) < 4.78 is 0. The molecule has 1 aliphatic carbocycles. The lowest BCUT2D eigenvalue weighted by Crippen LogP contribution is -2.49. The van der Waals surface area contributed by atoms with Crippen molar-refractivity contribution < 1.29 is 0 Å². The summed E-state index contributed by atoms with van der Waals surface area (Å²) in [6.07, 6.45) is 8.56. The maximum atomic E-state index is 5.94. The first-order chi connectivity index (χ1) is 7.77. The Labute approximate surface area is 96.9 Å². The van der Waals surface area contributed by atoms with E-state index in [1.165, 1.54) is 25.7 Å². The van der Waals surface area contributed by atoms with E-state index in [4.69, 9.17) is 5.73 Å². The maximum Gasteiger partial charge on any atom is 0.142 e. The number of nitrogens with two attached hydrogens (primary N) is 1. The molecular formula is C12H20N4. The molecule has 1 fully saturated rings. The van der Waals surface area contributed by atoms with Gasteiger partial charge in [0.1, 0.15) is 5.82 Å². The second kappa shape index (κ2) is 4.89. The highest BCUT2D eigenvalue weighted by molar-refractivity contribution is 4.97. The molecule has 1 aromatic heterocycles. The summed E-state index contributed by atoms with van der Waals surface area (Å²) in [6, 6.07) is 1.85. The Morgan fingerprint density at radius 1 is 1.31 bits per heavy atom. The molecule has 2 N–H and O–H groups in total. The molecule has 4 nitrogen and oxygen atoms in total. The molecule has 88 valence electrons. The van der Waals surface area contributed by atoms with Gasteiger partial charge in [-0.15, -0.1) is 0 Å². The van der Waals surface area contributed by atoms with E-state index in [0.29, 0.717) is 0 Å². The van der Waals surface area contributed by atoms with Crippen molar-refractivity contribution in [2.75, 3.05) is 13.6 Å². The fraction of sp³-hybridized carbons (Fsp3) is 0.667. The molecular weight excluding hydrogens is 200 g/mol. The van der Waals surface area contributed by atoms with Gasteiger partial charge in [-0.2, -0.15) is 0 Å². The van der Waals surface area contributed by atoms with E-state index < -0.39 is 0 Å². The molecule has 2 rings (SSSR count). The van der Waals surface area contributed by atoms with Gasteiger partial charge >= 0.3 is 0 Å². The Morgan fingerprint density at radius 2 is 1.94 bits per heavy atom. The zero-order valence-corrected chi connectivity index (χ0v) is 9.89. The Bertz CT molecular complexity index is 319. The van der Waals surface area contributed by atoms with Gasteiger partial charge in [0.05, 0.1) is 6.54 Å². The van der Waals surface area contributed by atoms with Crippen LogP contribution in [-0.2, 0) is 6.54 Å². The molecule has 0 radical (unpaired) electrons. The van der Waals surface area contributed by atoms with Gasteiger partial charge in [-0.25, -0.2) is 9.97 Å². The number of hydrogen-bond acceptors (Lipinski definition) is 4. The largest absolute Gasteiger partial charge is 0.329 e. The van der Waals surface area contributed by atoms with Crippen molar-refractivity contribution in [1.29, 1.82) is 0 Å². The molecule has 1 saturated carbocycles. The van der Waals surface area contributed by atoms with Crippen molar-refractivity contribution in [2.24, 2.45) is 5.73 Å². The summed E-state index contributed by atoms with van der Waals surface area (Å²) in [5.74, 6) is 0.879. The SMILES string of the molecule is CN(Cc1ncccn1)C1(CN)CCCC1. The van der Waals surface area contributed by atoms with Crippen molar-refractivity contribution in [3.05, 3.63) is 24.3 Å². The number of hydrogen-bond donors (Lipinski definition) is 1. The average molecular weight is 220 g/mol. The fourth-order valence-corrected chi connectivity index (χ4v) is 2.57. The molecule has 1 aromatic rings. The van der Waals surface area contributed by atoms with Crippen LogP contribution in [0.2, 0.25) is 0 Å². The summed E-state index contributed by atoms with van der Waals surface area (Å²) in [4.78, 5) is 10.9. The third-order valence-corrected chi connectivity index (χ3v) is 3.72. The second-order valence-electron chi connectivity index (χ2n) is 4.66. The van der Waals surface area contributed by atoms with Crippen LogP contribution in [0.25, 0.3) is 0 Å². The molecule has 16 heavy (non-hydrogen) atoms. The highest BCUT2D eigenvalue weighted by atomic mass is 15.2. The fourth-order valence-electron chi connectivity index (χ4n) is 2.57. The van der Waals surface area contributed by atoms with E-state index in [1.807, 2.05) is 6.07 Å². The van der Waals surface area contributed by atoms with Gasteiger partial charge in [-0.05, 0) is 26.0 Å². The van der Waals surface area contributed by atoms with Gasteiger partial charge in [0.2, 0.25) is 0 Å². The smallest absolute Gasteiger partial charge is 0.142 e. The topological polar surface area (TPSA) is 55.0 Å². The summed E-state index contributed by atoms with van der Waals surface area (Å²) in [5.41, 5.74) is 6.12. The number of rotatable bonds is 4. The minimum absolute atomic E-state index is 0.180. The molecule has 0 spiro atoms. The minimum atomic E-state index is 0.180. The monoisotopic (exact) mass is 220 g/mol. The van der Waals surface area contributed by atoms with Crippen molar-refractivity contribution in [1.82, 2.24) is 14.9 Å². The Balaban J connectivity index is 2.04. The normalized spacial score (nSPS) is 19.2. The van der Waals surface area contributed by atoms with E-state index in [1.54, 1.807) is 12.4 Å². The molecule has 0 aromatic carbocycles. The highest BCUT2D eigenvalue weighted by Crippen LogP contribution is 2.34. The van der Waals surface area contributed by atoms with Gasteiger partial charge in [0, 0.05) is 24.5 Å². The lowest BCUT2D eigenvalue weighted by Gasteiger charge is -2.37. The first kappa shape index (κ1) is 11.5. The van der Waals surface area contributed by atoms with Crippen LogP contribution in [0.4, 0.5) is 0 Å². The van der Waals surface area contributed by atoms with Crippen LogP contribution in [-0.4, -0.2) is 34.0 Å². The second-order valence-corrected chi connectivity index (χ2v) is 4.66. The Morgan fingerprint density at radius 3 is 2.50 bits per heavy atom. The first-order valence-corrected chi connectivity index (χ1v) is 5.94. The lowest BCUT2D eigenvalue weighted by atomic mass is 9.96. The van der Waals surface area contributed by atoms with Crippen molar-refractivity contribution >= 4 is 0 Å². The quantitative estimate of drug-likeness (QED) is 0.828. The molecule has 0 atom stereocenters. The summed E-state index contributed by atoms with van der Waals surface area (Å²) in [7, 11) is 2.13. The van der Waals surface area contributed by atoms with Crippen LogP contribution in [0.3, 0.4) is 0 Å². The first-order valence-electron chi connectivity index (χ1n) is 5.94. The predicted molar refractivity (Wildman–Crippen MR) is 63.8 cm³/mol. The van der Waals surface area contributed by atoms with Crippen molar-refractivity contribution in [3.8, 4) is 0 Å². The van der Waals surface area contributed by atoms with Gasteiger partial charge in [-0.1, -0.05) is 12.8 Å². The van der Waals surface area contributed by atoms with E-state index in [2.05, 4.69) is 21.9 Å². The number of nitrogens with zero attached hydrogens (tertiary/aromatic N) is 3. The number of likely N-dealkylation sites (N-methyl/N-ethyl adjacent to an activating group) is 1.